The van der Waals surface area contributed by atoms with Crippen LogP contribution in [0.5, 0.6) is 0 Å². The third-order valence-electron chi connectivity index (χ3n) is 6.43. The Morgan fingerprint density at radius 2 is 0.511 bits per heavy atom. The van der Waals surface area contributed by atoms with Crippen LogP contribution in [0.1, 0.15) is 78.1 Å². The van der Waals surface area contributed by atoms with Gasteiger partial charge in [-0.1, -0.05) is 52.4 Å². The van der Waals surface area contributed by atoms with Crippen LogP contribution in [0.3, 0.4) is 0 Å². The summed E-state index contributed by atoms with van der Waals surface area (Å²) in [6, 6.07) is 0. The zero-order valence-electron chi connectivity index (χ0n) is 29.5. The summed E-state index contributed by atoms with van der Waals surface area (Å²) in [5.41, 5.74) is 0. The monoisotopic (exact) mass is 682 g/mol. The predicted octanol–water partition coefficient (Wildman–Crippen LogP) is 4.16. The molecule has 0 aliphatic heterocycles. The maximum Gasteiger partial charge on any atom is 0.305 e. The predicted molar refractivity (Wildman–Crippen MR) is 177 cm³/mol. The number of carbonyl (C=O) groups is 2. The number of hydrogen-bond donors (Lipinski definition) is 0. The number of rotatable bonds is 40. The molecule has 0 spiro atoms. The number of ether oxygens (including phenoxy) is 11. The van der Waals surface area contributed by atoms with Gasteiger partial charge in [0.1, 0.15) is 13.2 Å². The molecule has 0 radical (unpaired) electrons. The first-order chi connectivity index (χ1) is 23.2. The lowest BCUT2D eigenvalue weighted by Gasteiger charge is -2.09. The molecule has 0 fully saturated rings. The molecule has 0 saturated heterocycles. The molecule has 0 N–H and O–H groups in total. The molecule has 0 heterocycles. The minimum atomic E-state index is -0.154. The van der Waals surface area contributed by atoms with E-state index in [-0.39, 0.29) is 25.2 Å². The van der Waals surface area contributed by atoms with Gasteiger partial charge in [0.25, 0.3) is 0 Å². The molecule has 0 aromatic rings. The van der Waals surface area contributed by atoms with Gasteiger partial charge >= 0.3 is 11.9 Å². The highest BCUT2D eigenvalue weighted by atomic mass is 16.6. The van der Waals surface area contributed by atoms with E-state index in [0.717, 1.165) is 51.4 Å². The van der Waals surface area contributed by atoms with Crippen molar-refractivity contribution < 1.29 is 61.7 Å². The highest BCUT2D eigenvalue weighted by Gasteiger charge is 2.03. The molecule has 0 unspecified atom stereocenters. The smallest absolute Gasteiger partial charge is 0.305 e. The Bertz CT molecular complexity index is 587. The largest absolute Gasteiger partial charge is 0.463 e. The number of carbonyl (C=O) groups excluding carboxylic acids is 2. The summed E-state index contributed by atoms with van der Waals surface area (Å²) in [5.74, 6) is -0.309. The van der Waals surface area contributed by atoms with Crippen molar-refractivity contribution in [1.29, 1.82) is 0 Å². The van der Waals surface area contributed by atoms with Gasteiger partial charge in [-0.2, -0.15) is 0 Å². The van der Waals surface area contributed by atoms with Gasteiger partial charge in [0.15, 0.2) is 0 Å². The third-order valence-corrected chi connectivity index (χ3v) is 6.43. The van der Waals surface area contributed by atoms with Crippen molar-refractivity contribution in [3.8, 4) is 0 Å². The van der Waals surface area contributed by atoms with Crippen LogP contribution in [-0.4, -0.2) is 144 Å². The molecular formula is C34H66O13. The molecule has 0 atom stereocenters. The minimum absolute atomic E-state index is 0.154. The van der Waals surface area contributed by atoms with Crippen molar-refractivity contribution >= 4 is 11.9 Å². The highest BCUT2D eigenvalue weighted by molar-refractivity contribution is 5.69. The zero-order chi connectivity index (χ0) is 34.1. The van der Waals surface area contributed by atoms with Crippen LogP contribution in [0.25, 0.3) is 0 Å². The summed E-state index contributed by atoms with van der Waals surface area (Å²) >= 11 is 0. The standard InChI is InChI=1S/C34H66O13/c1-3-5-7-9-11-33(35)46-31-29-44-27-25-42-23-21-40-19-17-38-15-13-37-14-16-39-18-20-41-22-24-43-26-28-45-30-32-47-34(36)12-10-8-6-4-2/h3-32H2,1-2H3. The molecule has 0 aromatic heterocycles. The number of unbranched alkanes of at least 4 members (excludes halogenated alkanes) is 6. The third kappa shape index (κ3) is 40.7. The van der Waals surface area contributed by atoms with Gasteiger partial charge in [-0.3, -0.25) is 9.59 Å². The van der Waals surface area contributed by atoms with Gasteiger partial charge in [-0.15, -0.1) is 0 Å². The Hall–Kier alpha value is -1.42. The molecule has 0 bridgehead atoms. The van der Waals surface area contributed by atoms with E-state index in [1.54, 1.807) is 0 Å². The van der Waals surface area contributed by atoms with E-state index in [2.05, 4.69) is 13.8 Å². The van der Waals surface area contributed by atoms with Gasteiger partial charge in [0.2, 0.25) is 0 Å². The van der Waals surface area contributed by atoms with E-state index < -0.39 is 0 Å². The number of hydrogen-bond acceptors (Lipinski definition) is 13. The molecule has 13 heteroatoms. The van der Waals surface area contributed by atoms with Crippen molar-refractivity contribution in [3.63, 3.8) is 0 Å². The van der Waals surface area contributed by atoms with Crippen LogP contribution < -0.4 is 0 Å². The first-order valence-electron chi connectivity index (χ1n) is 17.7. The Labute approximate surface area is 283 Å². The molecule has 280 valence electrons. The van der Waals surface area contributed by atoms with Crippen LogP contribution in [0.4, 0.5) is 0 Å². The Morgan fingerprint density at radius 1 is 0.298 bits per heavy atom. The van der Waals surface area contributed by atoms with Gasteiger partial charge in [-0.25, -0.2) is 0 Å². The topological polar surface area (TPSA) is 136 Å². The average molecular weight is 683 g/mol. The number of esters is 2. The van der Waals surface area contributed by atoms with E-state index in [4.69, 9.17) is 52.1 Å². The molecule has 13 nitrogen and oxygen atoms in total. The van der Waals surface area contributed by atoms with E-state index >= 15 is 0 Å². The molecule has 0 aliphatic carbocycles. The maximum absolute atomic E-state index is 11.5. The quantitative estimate of drug-likeness (QED) is 0.0677. The lowest BCUT2D eigenvalue weighted by atomic mass is 10.2. The van der Waals surface area contributed by atoms with E-state index in [9.17, 15) is 9.59 Å². The first kappa shape index (κ1) is 45.6. The maximum atomic E-state index is 11.5. The second-order valence-electron chi connectivity index (χ2n) is 10.6. The fourth-order valence-electron chi connectivity index (χ4n) is 3.83. The summed E-state index contributed by atoms with van der Waals surface area (Å²) in [4.78, 5) is 23.1. The van der Waals surface area contributed by atoms with Gasteiger partial charge in [0.05, 0.1) is 119 Å². The summed E-state index contributed by atoms with van der Waals surface area (Å²) in [5, 5.41) is 0. The van der Waals surface area contributed by atoms with E-state index in [1.165, 1.54) is 0 Å². The van der Waals surface area contributed by atoms with Crippen molar-refractivity contribution in [2.45, 2.75) is 78.1 Å². The van der Waals surface area contributed by atoms with Crippen LogP contribution >= 0.6 is 0 Å². The molecular weight excluding hydrogens is 616 g/mol. The Kier molecular flexibility index (Phi) is 39.5. The molecule has 0 amide bonds. The van der Waals surface area contributed by atoms with Crippen LogP contribution in [0.15, 0.2) is 0 Å². The fraction of sp³-hybridized carbons (Fsp3) is 0.941. The molecule has 0 saturated carbocycles. The summed E-state index contributed by atoms with van der Waals surface area (Å²) in [6.07, 6.45) is 9.50. The fourth-order valence-corrected chi connectivity index (χ4v) is 3.83. The average Bonchev–Trinajstić information content (AvgIpc) is 3.07. The lowest BCUT2D eigenvalue weighted by molar-refractivity contribution is -0.146. The summed E-state index contributed by atoms with van der Waals surface area (Å²) < 4.78 is 59.3. The molecule has 0 aromatic carbocycles. The second kappa shape index (κ2) is 40.8. The Balaban J connectivity index is 3.12. The van der Waals surface area contributed by atoms with E-state index in [0.29, 0.717) is 132 Å². The van der Waals surface area contributed by atoms with Gasteiger partial charge in [0, 0.05) is 12.8 Å². The Morgan fingerprint density at radius 3 is 0.723 bits per heavy atom. The van der Waals surface area contributed by atoms with Crippen molar-refractivity contribution in [3.05, 3.63) is 0 Å². The SMILES string of the molecule is CCCCCCC(=O)OCCOCCOCCOCCOCCOCCOCCOCCOCCOCCOC(=O)CCCCCC. The summed E-state index contributed by atoms with van der Waals surface area (Å²) in [7, 11) is 0. The van der Waals surface area contributed by atoms with Crippen molar-refractivity contribution in [2.75, 3.05) is 132 Å². The normalized spacial score (nSPS) is 11.3. The van der Waals surface area contributed by atoms with Crippen LogP contribution in [0.2, 0.25) is 0 Å². The van der Waals surface area contributed by atoms with Crippen molar-refractivity contribution in [2.24, 2.45) is 0 Å². The van der Waals surface area contributed by atoms with Gasteiger partial charge < -0.3 is 52.1 Å². The molecule has 0 aliphatic rings. The van der Waals surface area contributed by atoms with E-state index in [1.807, 2.05) is 0 Å². The second-order valence-corrected chi connectivity index (χ2v) is 10.6. The lowest BCUT2D eigenvalue weighted by Crippen LogP contribution is -2.15. The van der Waals surface area contributed by atoms with Crippen LogP contribution in [-0.2, 0) is 61.7 Å². The molecule has 47 heavy (non-hydrogen) atoms. The first-order valence-corrected chi connectivity index (χ1v) is 17.7. The van der Waals surface area contributed by atoms with Crippen molar-refractivity contribution in [1.82, 2.24) is 0 Å². The van der Waals surface area contributed by atoms with Crippen LogP contribution in [0, 0.1) is 0 Å². The summed E-state index contributed by atoms with van der Waals surface area (Å²) in [6.45, 7) is 13.3. The zero-order valence-corrected chi connectivity index (χ0v) is 29.5. The highest BCUT2D eigenvalue weighted by Crippen LogP contribution is 2.04. The minimum Gasteiger partial charge on any atom is -0.463 e. The molecule has 0 rings (SSSR count). The van der Waals surface area contributed by atoms with Gasteiger partial charge in [-0.05, 0) is 12.8 Å².